The number of halogens is 1. The van der Waals surface area contributed by atoms with E-state index in [4.69, 9.17) is 0 Å². The Morgan fingerprint density at radius 1 is 1.34 bits per heavy atom. The van der Waals surface area contributed by atoms with Gasteiger partial charge in [-0.05, 0) is 67.4 Å². The van der Waals surface area contributed by atoms with E-state index in [9.17, 15) is 14.1 Å². The van der Waals surface area contributed by atoms with Crippen molar-refractivity contribution in [3.05, 3.63) is 34.0 Å². The molecule has 0 aliphatic heterocycles. The van der Waals surface area contributed by atoms with Crippen molar-refractivity contribution in [2.75, 3.05) is 17.2 Å². The Morgan fingerprint density at radius 2 is 2.07 bits per heavy atom. The van der Waals surface area contributed by atoms with Crippen molar-refractivity contribution in [1.29, 1.82) is 0 Å². The van der Waals surface area contributed by atoms with Crippen LogP contribution in [0.25, 0.3) is 0 Å². The molecule has 2 aromatic rings. The Morgan fingerprint density at radius 3 is 2.72 bits per heavy atom. The topological polar surface area (TPSA) is 128 Å². The van der Waals surface area contributed by atoms with Crippen LogP contribution in [0, 0.1) is 3.57 Å². The molecule has 29 heavy (non-hydrogen) atoms. The van der Waals surface area contributed by atoms with Crippen molar-refractivity contribution in [3.8, 4) is 0 Å². The van der Waals surface area contributed by atoms with Crippen LogP contribution in [0.2, 0.25) is 0 Å². The first-order valence-electron chi connectivity index (χ1n) is 8.83. The monoisotopic (exact) mass is 532 g/mol. The lowest BCUT2D eigenvalue weighted by Crippen LogP contribution is -2.42. The molecule has 0 bridgehead atoms. The predicted molar refractivity (Wildman–Crippen MR) is 125 cm³/mol. The molecular formula is C18H25IN6O3S. The standard InChI is InChI=1S/C18H25IN6O3S/c1-11(2)21-18(27)25-29(4,28)14-7-5-6-13(8-14)23-17-20-9-15(19)16(24-17)22-12(3)10-26/h5-9,11-12,26H,4,10H2,1-3H3,(H2,20,22,23,24)(H2,21,25,27,28)/t12-,29?/m1/s1. The molecule has 1 heterocycles. The molecule has 2 atom stereocenters. The number of aliphatic hydroxyl groups excluding tert-OH is 1. The second kappa shape index (κ2) is 10.1. The number of aliphatic hydroxyl groups is 1. The molecule has 2 amide bonds. The molecule has 1 aromatic carbocycles. The molecule has 0 saturated heterocycles. The summed E-state index contributed by atoms with van der Waals surface area (Å²) in [5, 5.41) is 18.0. The van der Waals surface area contributed by atoms with Crippen LogP contribution in [0.1, 0.15) is 20.8 Å². The van der Waals surface area contributed by atoms with Crippen LogP contribution < -0.4 is 20.7 Å². The van der Waals surface area contributed by atoms with Crippen LogP contribution in [0.4, 0.5) is 22.2 Å². The number of aromatic nitrogens is 2. The molecule has 2 rings (SSSR count). The van der Waals surface area contributed by atoms with Crippen molar-refractivity contribution in [1.82, 2.24) is 20.0 Å². The van der Waals surface area contributed by atoms with Crippen molar-refractivity contribution >= 4 is 61.7 Å². The Hall–Kier alpha value is -2.12. The van der Waals surface area contributed by atoms with E-state index in [1.165, 1.54) is 0 Å². The van der Waals surface area contributed by atoms with Crippen LogP contribution in [0.15, 0.2) is 35.4 Å². The van der Waals surface area contributed by atoms with Crippen molar-refractivity contribution in [2.45, 2.75) is 37.8 Å². The fourth-order valence-corrected chi connectivity index (χ4v) is 3.72. The highest BCUT2D eigenvalue weighted by atomic mass is 127. The first-order chi connectivity index (χ1) is 13.6. The molecule has 0 aliphatic rings. The Labute approximate surface area is 184 Å². The van der Waals surface area contributed by atoms with E-state index in [0.29, 0.717) is 22.3 Å². The third-order valence-electron chi connectivity index (χ3n) is 3.55. The van der Waals surface area contributed by atoms with Gasteiger partial charge >= 0.3 is 6.03 Å². The number of carbonyl (C=O) groups is 1. The SMILES string of the molecule is C=S(=O)(NC(=O)NC(C)C)c1cccc(Nc2ncc(I)c(N[C@H](C)CO)n2)c1. The number of hydrogen-bond acceptors (Lipinski definition) is 7. The summed E-state index contributed by atoms with van der Waals surface area (Å²) < 4.78 is 16.1. The maximum Gasteiger partial charge on any atom is 0.326 e. The molecule has 5 N–H and O–H groups in total. The molecule has 11 heteroatoms. The summed E-state index contributed by atoms with van der Waals surface area (Å²) in [5.74, 6) is 4.59. The van der Waals surface area contributed by atoms with Crippen molar-refractivity contribution in [3.63, 3.8) is 0 Å². The summed E-state index contributed by atoms with van der Waals surface area (Å²) in [6, 6.07) is 5.91. The zero-order chi connectivity index (χ0) is 21.6. The van der Waals surface area contributed by atoms with Crippen LogP contribution in [-0.2, 0) is 9.71 Å². The quantitative estimate of drug-likeness (QED) is 0.261. The molecule has 1 unspecified atom stereocenters. The lowest BCUT2D eigenvalue weighted by atomic mass is 10.3. The van der Waals surface area contributed by atoms with E-state index in [1.807, 2.05) is 6.92 Å². The fourth-order valence-electron chi connectivity index (χ4n) is 2.22. The van der Waals surface area contributed by atoms with Crippen molar-refractivity contribution in [2.24, 2.45) is 0 Å². The van der Waals surface area contributed by atoms with E-state index in [0.717, 1.165) is 3.57 Å². The number of nitrogens with zero attached hydrogens (tertiary/aromatic N) is 2. The lowest BCUT2D eigenvalue weighted by Gasteiger charge is -2.16. The molecule has 0 fully saturated rings. The van der Waals surface area contributed by atoms with Crippen LogP contribution in [0.3, 0.4) is 0 Å². The number of carbonyl (C=O) groups excluding carboxylic acids is 1. The zero-order valence-corrected chi connectivity index (χ0v) is 19.4. The van der Waals surface area contributed by atoms with Gasteiger partial charge < -0.3 is 21.1 Å². The van der Waals surface area contributed by atoms with E-state index in [-0.39, 0.29) is 18.7 Å². The number of urea groups is 1. The molecule has 0 spiro atoms. The van der Waals surface area contributed by atoms with E-state index in [1.54, 1.807) is 44.3 Å². The van der Waals surface area contributed by atoms with Crippen LogP contribution in [0.5, 0.6) is 0 Å². The Kier molecular flexibility index (Phi) is 8.05. The number of anilines is 3. The lowest BCUT2D eigenvalue weighted by molar-refractivity contribution is 0.244. The van der Waals surface area contributed by atoms with Gasteiger partial charge in [0.25, 0.3) is 0 Å². The fraction of sp³-hybridized carbons (Fsp3) is 0.333. The highest BCUT2D eigenvalue weighted by Crippen LogP contribution is 2.21. The Balaban J connectivity index is 2.20. The molecule has 9 nitrogen and oxygen atoms in total. The van der Waals surface area contributed by atoms with Crippen LogP contribution >= 0.6 is 22.6 Å². The summed E-state index contributed by atoms with van der Waals surface area (Å²) in [7, 11) is -3.04. The second-order valence-electron chi connectivity index (χ2n) is 6.68. The number of benzene rings is 1. The Bertz CT molecular complexity index is 968. The number of hydrogen-bond donors (Lipinski definition) is 5. The second-order valence-corrected chi connectivity index (χ2v) is 9.86. The minimum atomic E-state index is -3.04. The van der Waals surface area contributed by atoms with Gasteiger partial charge in [-0.2, -0.15) is 4.98 Å². The highest BCUT2D eigenvalue weighted by Gasteiger charge is 2.14. The zero-order valence-electron chi connectivity index (χ0n) is 16.4. The first-order valence-corrected chi connectivity index (χ1v) is 11.6. The highest BCUT2D eigenvalue weighted by molar-refractivity contribution is 14.1. The molecule has 0 saturated carbocycles. The summed E-state index contributed by atoms with van der Waals surface area (Å²) in [4.78, 5) is 20.9. The van der Waals surface area contributed by atoms with E-state index < -0.39 is 15.7 Å². The van der Waals surface area contributed by atoms with Crippen LogP contribution in [-0.4, -0.2) is 49.9 Å². The number of rotatable bonds is 8. The van der Waals surface area contributed by atoms with E-state index >= 15 is 0 Å². The van der Waals surface area contributed by atoms with Gasteiger partial charge in [-0.1, -0.05) is 6.07 Å². The minimum absolute atomic E-state index is 0.0276. The molecule has 0 aliphatic carbocycles. The molecule has 158 valence electrons. The van der Waals surface area contributed by atoms with Gasteiger partial charge in [-0.25, -0.2) is 14.0 Å². The summed E-state index contributed by atoms with van der Waals surface area (Å²) in [6.45, 7) is 5.42. The summed E-state index contributed by atoms with van der Waals surface area (Å²) in [5.41, 5.74) is 0.590. The van der Waals surface area contributed by atoms with Gasteiger partial charge in [0.1, 0.15) is 5.82 Å². The van der Waals surface area contributed by atoms with Gasteiger partial charge in [0.15, 0.2) is 0 Å². The van der Waals surface area contributed by atoms with Gasteiger partial charge in [0.2, 0.25) is 5.95 Å². The third-order valence-corrected chi connectivity index (χ3v) is 5.87. The third kappa shape index (κ3) is 7.01. The van der Waals surface area contributed by atoms with Gasteiger partial charge in [-0.15, -0.1) is 0 Å². The van der Waals surface area contributed by atoms with Crippen molar-refractivity contribution < 1.29 is 14.1 Å². The van der Waals surface area contributed by atoms with Gasteiger partial charge in [0, 0.05) is 24.0 Å². The minimum Gasteiger partial charge on any atom is -0.394 e. The predicted octanol–water partition coefficient (Wildman–Crippen LogP) is 2.32. The van der Waals surface area contributed by atoms with Gasteiger partial charge in [-0.3, -0.25) is 4.72 Å². The maximum atomic E-state index is 12.9. The molecule has 1 aromatic heterocycles. The maximum absolute atomic E-state index is 12.9. The van der Waals surface area contributed by atoms with E-state index in [2.05, 4.69) is 59.1 Å². The number of amides is 2. The smallest absolute Gasteiger partial charge is 0.326 e. The molecular weight excluding hydrogens is 507 g/mol. The summed E-state index contributed by atoms with van der Waals surface area (Å²) in [6.07, 6.45) is 1.65. The number of nitrogens with one attached hydrogen (secondary N) is 4. The molecule has 0 radical (unpaired) electrons. The first kappa shape index (κ1) is 23.2. The largest absolute Gasteiger partial charge is 0.394 e. The average molecular weight is 532 g/mol. The average Bonchev–Trinajstić information content (AvgIpc) is 2.63. The van der Waals surface area contributed by atoms with Gasteiger partial charge in [0.05, 0.1) is 24.8 Å². The summed E-state index contributed by atoms with van der Waals surface area (Å²) >= 11 is 2.10. The normalized spacial score (nSPS) is 14.0.